The molecule has 2 atom stereocenters. The number of hydrogen-bond acceptors (Lipinski definition) is 5. The topological polar surface area (TPSA) is 87.2 Å². The van der Waals surface area contributed by atoms with E-state index in [1.807, 2.05) is 34.6 Å². The van der Waals surface area contributed by atoms with Gasteiger partial charge in [-0.1, -0.05) is 0 Å². The summed E-state index contributed by atoms with van der Waals surface area (Å²) in [7, 11) is 1.75. The minimum Gasteiger partial charge on any atom is -0.444 e. The fourth-order valence-electron chi connectivity index (χ4n) is 3.13. The van der Waals surface area contributed by atoms with E-state index in [9.17, 15) is 4.79 Å². The van der Waals surface area contributed by atoms with Gasteiger partial charge in [-0.05, 0) is 54.9 Å². The van der Waals surface area contributed by atoms with Crippen molar-refractivity contribution in [3.05, 3.63) is 0 Å². The van der Waals surface area contributed by atoms with Crippen LogP contribution in [-0.2, 0) is 9.47 Å². The molecular weight excluding hydrogens is 358 g/mol. The lowest BCUT2D eigenvalue weighted by Gasteiger charge is -2.35. The van der Waals surface area contributed by atoms with E-state index >= 15 is 0 Å². The molecule has 1 fully saturated rings. The Morgan fingerprint density at radius 3 is 2.29 bits per heavy atom. The normalized spacial score (nSPS) is 21.9. The van der Waals surface area contributed by atoms with Gasteiger partial charge in [0.15, 0.2) is 5.96 Å². The fourth-order valence-corrected chi connectivity index (χ4v) is 3.13. The predicted octanol–water partition coefficient (Wildman–Crippen LogP) is 1.95. The molecule has 1 amide bonds. The van der Waals surface area contributed by atoms with E-state index in [0.29, 0.717) is 18.8 Å². The minimum absolute atomic E-state index is 0.297. The molecule has 1 heterocycles. The first-order chi connectivity index (χ1) is 12.9. The maximum Gasteiger partial charge on any atom is 0.408 e. The SMILES string of the molecule is CN=C(NCCCN1CC(C)OC(C)C1)NCC(C)(C)NC(=O)OC(C)(C)C. The molecular formula is C20H41N5O3. The highest BCUT2D eigenvalue weighted by molar-refractivity contribution is 5.79. The number of alkyl carbamates (subject to hydrolysis) is 1. The Kier molecular flexibility index (Phi) is 9.50. The molecule has 0 aromatic heterocycles. The number of morpholine rings is 1. The van der Waals surface area contributed by atoms with Crippen molar-refractivity contribution in [1.29, 1.82) is 0 Å². The Labute approximate surface area is 170 Å². The highest BCUT2D eigenvalue weighted by Crippen LogP contribution is 2.11. The summed E-state index contributed by atoms with van der Waals surface area (Å²) in [4.78, 5) is 18.7. The van der Waals surface area contributed by atoms with Crippen LogP contribution in [0.3, 0.4) is 0 Å². The lowest BCUT2D eigenvalue weighted by molar-refractivity contribution is -0.0679. The lowest BCUT2D eigenvalue weighted by Crippen LogP contribution is -2.54. The first kappa shape index (κ1) is 24.5. The van der Waals surface area contributed by atoms with Gasteiger partial charge in [-0.2, -0.15) is 0 Å². The molecule has 0 radical (unpaired) electrons. The van der Waals surface area contributed by atoms with Crippen molar-refractivity contribution in [1.82, 2.24) is 20.9 Å². The van der Waals surface area contributed by atoms with Gasteiger partial charge in [0, 0.05) is 39.8 Å². The molecule has 1 rings (SSSR count). The second-order valence-corrected chi connectivity index (χ2v) is 9.23. The number of hydrogen-bond donors (Lipinski definition) is 3. The molecule has 0 saturated carbocycles. The number of rotatable bonds is 7. The van der Waals surface area contributed by atoms with Gasteiger partial charge in [-0.3, -0.25) is 9.89 Å². The van der Waals surface area contributed by atoms with Crippen molar-refractivity contribution < 1.29 is 14.3 Å². The van der Waals surface area contributed by atoms with Gasteiger partial charge in [0.05, 0.1) is 17.7 Å². The largest absolute Gasteiger partial charge is 0.444 e. The van der Waals surface area contributed by atoms with Gasteiger partial charge >= 0.3 is 6.09 Å². The predicted molar refractivity (Wildman–Crippen MR) is 114 cm³/mol. The minimum atomic E-state index is -0.513. The molecule has 0 aliphatic carbocycles. The molecule has 0 aromatic rings. The van der Waals surface area contributed by atoms with Crippen molar-refractivity contribution in [2.75, 3.05) is 39.8 Å². The average Bonchev–Trinajstić information content (AvgIpc) is 2.50. The van der Waals surface area contributed by atoms with E-state index in [4.69, 9.17) is 9.47 Å². The van der Waals surface area contributed by atoms with Crippen molar-refractivity contribution in [2.45, 2.75) is 78.2 Å². The van der Waals surface area contributed by atoms with Crippen LogP contribution in [0, 0.1) is 0 Å². The van der Waals surface area contributed by atoms with E-state index in [-0.39, 0.29) is 0 Å². The number of guanidine groups is 1. The molecule has 0 aromatic carbocycles. The summed E-state index contributed by atoms with van der Waals surface area (Å²) in [6, 6.07) is 0. The van der Waals surface area contributed by atoms with Crippen molar-refractivity contribution in [3.8, 4) is 0 Å². The summed E-state index contributed by atoms with van der Waals surface area (Å²) in [5, 5.41) is 9.48. The first-order valence-corrected chi connectivity index (χ1v) is 10.2. The quantitative estimate of drug-likeness (QED) is 0.345. The van der Waals surface area contributed by atoms with Crippen LogP contribution < -0.4 is 16.0 Å². The van der Waals surface area contributed by atoms with Gasteiger partial charge in [-0.15, -0.1) is 0 Å². The molecule has 8 nitrogen and oxygen atoms in total. The van der Waals surface area contributed by atoms with E-state index < -0.39 is 17.2 Å². The third kappa shape index (κ3) is 10.7. The van der Waals surface area contributed by atoms with Crippen LogP contribution in [0.1, 0.15) is 54.9 Å². The Hall–Kier alpha value is -1.54. The van der Waals surface area contributed by atoms with E-state index in [1.165, 1.54) is 0 Å². The van der Waals surface area contributed by atoms with E-state index in [0.717, 1.165) is 38.6 Å². The third-order valence-corrected chi connectivity index (χ3v) is 4.20. The molecule has 8 heteroatoms. The zero-order valence-corrected chi connectivity index (χ0v) is 19.0. The highest BCUT2D eigenvalue weighted by atomic mass is 16.6. The molecule has 1 saturated heterocycles. The molecule has 3 N–H and O–H groups in total. The van der Waals surface area contributed by atoms with Crippen LogP contribution >= 0.6 is 0 Å². The van der Waals surface area contributed by atoms with Crippen LogP contribution in [0.5, 0.6) is 0 Å². The molecule has 164 valence electrons. The molecule has 1 aliphatic heterocycles. The zero-order chi connectivity index (χ0) is 21.4. The Morgan fingerprint density at radius 2 is 1.75 bits per heavy atom. The van der Waals surface area contributed by atoms with Gasteiger partial charge in [0.25, 0.3) is 0 Å². The highest BCUT2D eigenvalue weighted by Gasteiger charge is 2.25. The summed E-state index contributed by atoms with van der Waals surface area (Å²) in [5.74, 6) is 0.725. The Balaban J connectivity index is 2.29. The lowest BCUT2D eigenvalue weighted by atomic mass is 10.1. The summed E-state index contributed by atoms with van der Waals surface area (Å²) < 4.78 is 11.1. The van der Waals surface area contributed by atoms with Crippen LogP contribution in [-0.4, -0.2) is 80.1 Å². The molecule has 1 aliphatic rings. The van der Waals surface area contributed by atoms with Gasteiger partial charge in [0.2, 0.25) is 0 Å². The summed E-state index contributed by atoms with van der Waals surface area (Å²) in [6.45, 7) is 18.1. The number of ether oxygens (including phenoxy) is 2. The van der Waals surface area contributed by atoms with Crippen molar-refractivity contribution in [3.63, 3.8) is 0 Å². The number of aliphatic imine (C=N–C) groups is 1. The molecule has 0 bridgehead atoms. The summed E-state index contributed by atoms with van der Waals surface area (Å²) in [5.41, 5.74) is -0.985. The third-order valence-electron chi connectivity index (χ3n) is 4.20. The second kappa shape index (κ2) is 10.9. The number of carbonyl (C=O) groups excluding carboxylic acids is 1. The maximum atomic E-state index is 12.0. The Morgan fingerprint density at radius 1 is 1.14 bits per heavy atom. The second-order valence-electron chi connectivity index (χ2n) is 9.23. The Bertz CT molecular complexity index is 506. The standard InChI is InChI=1S/C20H41N5O3/c1-15-12-25(13-16(2)27-15)11-9-10-22-17(21-8)23-14-20(6,7)24-18(26)28-19(3,4)5/h15-16H,9-14H2,1-8H3,(H,24,26)(H2,21,22,23). The van der Waals surface area contributed by atoms with Crippen LogP contribution in [0.15, 0.2) is 4.99 Å². The van der Waals surface area contributed by atoms with Gasteiger partial charge < -0.3 is 25.4 Å². The fraction of sp³-hybridized carbons (Fsp3) is 0.900. The van der Waals surface area contributed by atoms with E-state index in [1.54, 1.807) is 7.05 Å². The number of nitrogens with one attached hydrogen (secondary N) is 3. The summed E-state index contributed by atoms with van der Waals surface area (Å²) >= 11 is 0. The van der Waals surface area contributed by atoms with Crippen LogP contribution in [0.4, 0.5) is 4.79 Å². The molecule has 0 spiro atoms. The molecule has 28 heavy (non-hydrogen) atoms. The molecule has 2 unspecified atom stereocenters. The van der Waals surface area contributed by atoms with Crippen LogP contribution in [0.2, 0.25) is 0 Å². The van der Waals surface area contributed by atoms with Gasteiger partial charge in [-0.25, -0.2) is 4.79 Å². The smallest absolute Gasteiger partial charge is 0.408 e. The monoisotopic (exact) mass is 399 g/mol. The van der Waals surface area contributed by atoms with E-state index in [2.05, 4.69) is 39.7 Å². The average molecular weight is 400 g/mol. The summed E-state index contributed by atoms with van der Waals surface area (Å²) in [6.07, 6.45) is 1.20. The van der Waals surface area contributed by atoms with Crippen LogP contribution in [0.25, 0.3) is 0 Å². The number of carbonyl (C=O) groups is 1. The van der Waals surface area contributed by atoms with Crippen molar-refractivity contribution in [2.24, 2.45) is 4.99 Å². The number of amides is 1. The number of nitrogens with zero attached hydrogens (tertiary/aromatic N) is 2. The van der Waals surface area contributed by atoms with Crippen molar-refractivity contribution >= 4 is 12.1 Å². The van der Waals surface area contributed by atoms with Gasteiger partial charge in [0.1, 0.15) is 5.60 Å². The first-order valence-electron chi connectivity index (χ1n) is 10.2. The maximum absolute atomic E-state index is 12.0. The zero-order valence-electron chi connectivity index (χ0n) is 19.0.